The Kier molecular flexibility index (Phi) is 3.29. The minimum atomic E-state index is -1.15. The summed E-state index contributed by atoms with van der Waals surface area (Å²) in [5, 5.41) is 32.8. The number of ketones is 1. The molecule has 0 aromatic heterocycles. The third-order valence-corrected chi connectivity index (χ3v) is 8.47. The molecule has 1 spiro atoms. The summed E-state index contributed by atoms with van der Waals surface area (Å²) in [6, 6.07) is 0. The molecule has 24 heavy (non-hydrogen) atoms. The molecule has 0 radical (unpaired) electrons. The minimum absolute atomic E-state index is 0.0982. The molecule has 4 aliphatic carbocycles. The molecule has 2 bridgehead atoms. The van der Waals surface area contributed by atoms with Crippen LogP contribution in [0.1, 0.15) is 52.9 Å². The van der Waals surface area contributed by atoms with Gasteiger partial charge in [0.25, 0.3) is 0 Å². The van der Waals surface area contributed by atoms with E-state index in [1.165, 1.54) is 0 Å². The standard InChI is InChI=1S/C20H30O4/c1-10-15-11(21)8-13-19(4)7-5-6-18(2,3)12(19)9-14(22)20(13,16(10)23)17(15)24/h11-15,17,21-22,24H,1,5-9H2,2-4H3/t11-,12+,13-,14+,15+,17+,19+,20-/m0/s1. The molecule has 0 unspecified atom stereocenters. The predicted octanol–water partition coefficient (Wildman–Crippen LogP) is 2.07. The zero-order valence-electron chi connectivity index (χ0n) is 15.0. The average Bonchev–Trinajstić information content (AvgIpc) is 2.61. The van der Waals surface area contributed by atoms with Crippen molar-refractivity contribution >= 4 is 5.78 Å². The first-order chi connectivity index (χ1) is 11.1. The molecule has 134 valence electrons. The van der Waals surface area contributed by atoms with Gasteiger partial charge < -0.3 is 15.3 Å². The van der Waals surface area contributed by atoms with Crippen molar-refractivity contribution in [2.24, 2.45) is 34.0 Å². The van der Waals surface area contributed by atoms with Crippen LogP contribution in [0.3, 0.4) is 0 Å². The number of carbonyl (C=O) groups excluding carboxylic acids is 1. The topological polar surface area (TPSA) is 77.8 Å². The maximum absolute atomic E-state index is 13.2. The van der Waals surface area contributed by atoms with Crippen LogP contribution in [-0.2, 0) is 4.79 Å². The van der Waals surface area contributed by atoms with Crippen molar-refractivity contribution < 1.29 is 20.1 Å². The van der Waals surface area contributed by atoms with Gasteiger partial charge in [-0.1, -0.05) is 33.8 Å². The molecule has 0 heterocycles. The molecule has 4 heteroatoms. The lowest BCUT2D eigenvalue weighted by Crippen LogP contribution is -2.68. The molecule has 0 saturated heterocycles. The van der Waals surface area contributed by atoms with E-state index in [4.69, 9.17) is 0 Å². The number of carbonyl (C=O) groups is 1. The van der Waals surface area contributed by atoms with Crippen molar-refractivity contribution in [1.29, 1.82) is 0 Å². The van der Waals surface area contributed by atoms with Crippen molar-refractivity contribution in [3.05, 3.63) is 12.2 Å². The van der Waals surface area contributed by atoms with Crippen LogP contribution >= 0.6 is 0 Å². The van der Waals surface area contributed by atoms with E-state index in [-0.39, 0.29) is 22.5 Å². The first kappa shape index (κ1) is 16.7. The Morgan fingerprint density at radius 1 is 1.04 bits per heavy atom. The summed E-state index contributed by atoms with van der Waals surface area (Å²) < 4.78 is 0. The van der Waals surface area contributed by atoms with Crippen molar-refractivity contribution in [2.45, 2.75) is 71.2 Å². The molecule has 4 saturated carbocycles. The summed E-state index contributed by atoms with van der Waals surface area (Å²) in [5.41, 5.74) is -0.886. The van der Waals surface area contributed by atoms with Crippen LogP contribution in [0.4, 0.5) is 0 Å². The normalized spacial score (nSPS) is 55.9. The number of Topliss-reactive ketones (excluding diaryl/α,β-unsaturated/α-hetero) is 1. The highest BCUT2D eigenvalue weighted by molar-refractivity contribution is 6.04. The Labute approximate surface area is 144 Å². The monoisotopic (exact) mass is 334 g/mol. The number of rotatable bonds is 0. The SMILES string of the molecule is C=C1C(=O)[C@@]23[C@H](O)C[C@@H]4C(C)(C)CCC[C@@]4(C)[C@@H]2C[C@H](O)[C@@H]1[C@H]3O. The Bertz CT molecular complexity index is 611. The number of aliphatic hydroxyl groups is 3. The number of fused-ring (bicyclic) bond motifs is 3. The van der Waals surface area contributed by atoms with Crippen LogP contribution < -0.4 is 0 Å². The summed E-state index contributed by atoms with van der Waals surface area (Å²) in [4.78, 5) is 13.2. The van der Waals surface area contributed by atoms with Gasteiger partial charge in [-0.2, -0.15) is 0 Å². The zero-order chi connectivity index (χ0) is 17.7. The maximum Gasteiger partial charge on any atom is 0.170 e. The van der Waals surface area contributed by atoms with E-state index in [0.29, 0.717) is 24.3 Å². The van der Waals surface area contributed by atoms with Gasteiger partial charge in [0.05, 0.1) is 23.7 Å². The van der Waals surface area contributed by atoms with Crippen molar-refractivity contribution in [1.82, 2.24) is 0 Å². The first-order valence-corrected chi connectivity index (χ1v) is 9.36. The zero-order valence-corrected chi connectivity index (χ0v) is 15.0. The molecular formula is C20H30O4. The van der Waals surface area contributed by atoms with Gasteiger partial charge >= 0.3 is 0 Å². The smallest absolute Gasteiger partial charge is 0.170 e. The van der Waals surface area contributed by atoms with Gasteiger partial charge in [-0.3, -0.25) is 4.79 Å². The predicted molar refractivity (Wildman–Crippen MR) is 90.0 cm³/mol. The average molecular weight is 334 g/mol. The molecule has 4 aliphatic rings. The van der Waals surface area contributed by atoms with E-state index in [1.54, 1.807) is 0 Å². The molecule has 8 atom stereocenters. The van der Waals surface area contributed by atoms with E-state index >= 15 is 0 Å². The van der Waals surface area contributed by atoms with Gasteiger partial charge in [0.1, 0.15) is 0 Å². The molecule has 4 nitrogen and oxygen atoms in total. The molecule has 3 N–H and O–H groups in total. The quantitative estimate of drug-likeness (QED) is 0.593. The fourth-order valence-corrected chi connectivity index (χ4v) is 7.43. The Morgan fingerprint density at radius 3 is 2.38 bits per heavy atom. The third-order valence-electron chi connectivity index (χ3n) is 8.47. The summed E-state index contributed by atoms with van der Waals surface area (Å²) >= 11 is 0. The van der Waals surface area contributed by atoms with Gasteiger partial charge in [0, 0.05) is 5.92 Å². The number of hydrogen-bond donors (Lipinski definition) is 3. The van der Waals surface area contributed by atoms with Crippen LogP contribution in [0.25, 0.3) is 0 Å². The highest BCUT2D eigenvalue weighted by Gasteiger charge is 2.75. The van der Waals surface area contributed by atoms with E-state index in [9.17, 15) is 20.1 Å². The molecule has 0 aromatic rings. The van der Waals surface area contributed by atoms with Crippen LogP contribution in [-0.4, -0.2) is 39.4 Å². The van der Waals surface area contributed by atoms with Crippen LogP contribution in [0.5, 0.6) is 0 Å². The molecule has 0 amide bonds. The Morgan fingerprint density at radius 2 is 1.71 bits per heavy atom. The minimum Gasteiger partial charge on any atom is -0.392 e. The molecule has 4 fully saturated rings. The Balaban J connectivity index is 1.90. The highest BCUT2D eigenvalue weighted by atomic mass is 16.3. The van der Waals surface area contributed by atoms with Gasteiger partial charge in [-0.05, 0) is 53.9 Å². The van der Waals surface area contributed by atoms with Crippen LogP contribution in [0.15, 0.2) is 12.2 Å². The molecule has 4 rings (SSSR count). The first-order valence-electron chi connectivity index (χ1n) is 9.36. The van der Waals surface area contributed by atoms with Crippen LogP contribution in [0, 0.1) is 34.0 Å². The van der Waals surface area contributed by atoms with Gasteiger partial charge in [-0.15, -0.1) is 0 Å². The van der Waals surface area contributed by atoms with Crippen molar-refractivity contribution in [2.75, 3.05) is 0 Å². The summed E-state index contributed by atoms with van der Waals surface area (Å²) in [6.07, 6.45) is 1.63. The molecule has 0 aromatic carbocycles. The molecular weight excluding hydrogens is 304 g/mol. The molecule has 0 aliphatic heterocycles. The third kappa shape index (κ3) is 1.63. The van der Waals surface area contributed by atoms with E-state index in [2.05, 4.69) is 27.4 Å². The van der Waals surface area contributed by atoms with Gasteiger partial charge in [-0.25, -0.2) is 0 Å². The van der Waals surface area contributed by atoms with Gasteiger partial charge in [0.15, 0.2) is 5.78 Å². The lowest BCUT2D eigenvalue weighted by molar-refractivity contribution is -0.238. The fourth-order valence-electron chi connectivity index (χ4n) is 7.43. The number of aliphatic hydroxyl groups excluding tert-OH is 3. The Hall–Kier alpha value is -0.710. The largest absolute Gasteiger partial charge is 0.392 e. The summed E-state index contributed by atoms with van der Waals surface area (Å²) in [7, 11) is 0. The van der Waals surface area contributed by atoms with Crippen molar-refractivity contribution in [3.63, 3.8) is 0 Å². The van der Waals surface area contributed by atoms with Crippen molar-refractivity contribution in [3.8, 4) is 0 Å². The van der Waals surface area contributed by atoms with Gasteiger partial charge in [0.2, 0.25) is 0 Å². The van der Waals surface area contributed by atoms with Crippen LogP contribution in [0.2, 0.25) is 0 Å². The second kappa shape index (κ2) is 4.72. The highest BCUT2D eigenvalue weighted by Crippen LogP contribution is 2.70. The second-order valence-corrected chi connectivity index (χ2v) is 9.77. The van der Waals surface area contributed by atoms with E-state index < -0.39 is 29.6 Å². The van der Waals surface area contributed by atoms with E-state index in [1.807, 2.05) is 0 Å². The summed E-state index contributed by atoms with van der Waals surface area (Å²) in [6.45, 7) is 10.6. The lowest BCUT2D eigenvalue weighted by atomic mass is 9.39. The summed E-state index contributed by atoms with van der Waals surface area (Å²) in [5.74, 6) is -0.703. The lowest BCUT2D eigenvalue weighted by Gasteiger charge is -2.65. The fraction of sp³-hybridized carbons (Fsp3) is 0.850. The maximum atomic E-state index is 13.2. The second-order valence-electron chi connectivity index (χ2n) is 9.77. The van der Waals surface area contributed by atoms with E-state index in [0.717, 1.165) is 19.3 Å². The number of hydrogen-bond acceptors (Lipinski definition) is 4.